The largest absolute Gasteiger partial charge is 0.402 e. The van der Waals surface area contributed by atoms with Gasteiger partial charge in [0, 0.05) is 15.4 Å². The molecule has 2 unspecified atom stereocenters. The predicted octanol–water partition coefficient (Wildman–Crippen LogP) is 5.83. The fraction of sp³-hybridized carbons (Fsp3) is 0.571. The normalized spacial score (nSPS) is 16.3. The molecule has 0 saturated heterocycles. The highest BCUT2D eigenvalue weighted by Crippen LogP contribution is 2.64. The third-order valence-electron chi connectivity index (χ3n) is 3.21. The molecule has 126 valence electrons. The van der Waals surface area contributed by atoms with Gasteiger partial charge in [0.15, 0.2) is 0 Å². The van der Waals surface area contributed by atoms with Crippen LogP contribution in [0.25, 0.3) is 0 Å². The van der Waals surface area contributed by atoms with E-state index < -0.39 is 24.9 Å². The Morgan fingerprint density at radius 2 is 2.09 bits per heavy atom. The van der Waals surface area contributed by atoms with Crippen LogP contribution in [-0.2, 0) is 21.2 Å². The number of hydrogen-bond donors (Lipinski definition) is 1. The molecule has 0 aliphatic carbocycles. The van der Waals surface area contributed by atoms with E-state index in [-0.39, 0.29) is 4.47 Å². The van der Waals surface area contributed by atoms with E-state index in [9.17, 15) is 18.2 Å². The monoisotopic (exact) mass is 462 g/mol. The fourth-order valence-corrected chi connectivity index (χ4v) is 4.14. The van der Waals surface area contributed by atoms with Gasteiger partial charge in [-0.15, -0.1) is 0 Å². The number of hydrogen-bond acceptors (Lipinski definition) is 2. The van der Waals surface area contributed by atoms with Gasteiger partial charge < -0.3 is 9.42 Å². The highest BCUT2D eigenvalue weighted by atomic mass is 79.9. The molecular weight excluding hydrogens is 445 g/mol. The molecule has 0 fully saturated rings. The topological polar surface area (TPSA) is 46.5 Å². The molecule has 0 saturated carbocycles. The number of benzene rings is 1. The first-order valence-corrected chi connectivity index (χ1v) is 10.4. The third kappa shape index (κ3) is 4.84. The Balaban J connectivity index is 3.09. The van der Waals surface area contributed by atoms with Crippen LogP contribution in [0.3, 0.4) is 0 Å². The molecule has 0 radical (unpaired) electrons. The van der Waals surface area contributed by atoms with Crippen molar-refractivity contribution < 1.29 is 22.8 Å². The molecule has 22 heavy (non-hydrogen) atoms. The summed E-state index contributed by atoms with van der Waals surface area (Å²) in [6, 6.07) is 4.27. The highest BCUT2D eigenvalue weighted by Gasteiger charge is 2.54. The molecule has 0 aromatic heterocycles. The molecule has 0 heterocycles. The van der Waals surface area contributed by atoms with Crippen LogP contribution in [0.4, 0.5) is 8.78 Å². The molecule has 0 spiro atoms. The maximum atomic E-state index is 14.4. The van der Waals surface area contributed by atoms with Crippen LogP contribution in [0.5, 0.6) is 0 Å². The first-order valence-electron chi connectivity index (χ1n) is 6.89. The van der Waals surface area contributed by atoms with Crippen LogP contribution in [0.2, 0.25) is 0 Å². The van der Waals surface area contributed by atoms with E-state index in [1.54, 1.807) is 19.1 Å². The Morgan fingerprint density at radius 3 is 2.59 bits per heavy atom. The number of rotatable bonds is 8. The summed E-state index contributed by atoms with van der Waals surface area (Å²) in [6.07, 6.45) is 1.25. The Labute approximate surface area is 146 Å². The molecule has 0 amide bonds. The summed E-state index contributed by atoms with van der Waals surface area (Å²) < 4.78 is 45.6. The number of aryl methyl sites for hydroxylation is 1. The molecule has 1 aromatic carbocycles. The lowest BCUT2D eigenvalue weighted by molar-refractivity contribution is 0.0341. The van der Waals surface area contributed by atoms with Gasteiger partial charge in [-0.2, -0.15) is 8.78 Å². The molecule has 1 N–H and O–H groups in total. The SMILES string of the molecule is CCC(C)OP(=O)(O)C(F)(F)c1ccc(CCCBr)cc1Br. The van der Waals surface area contributed by atoms with Gasteiger partial charge in [-0.3, -0.25) is 4.57 Å². The van der Waals surface area contributed by atoms with Crippen molar-refractivity contribution in [1.29, 1.82) is 0 Å². The molecule has 1 rings (SSSR count). The Hall–Kier alpha value is 0.190. The van der Waals surface area contributed by atoms with Crippen molar-refractivity contribution in [2.45, 2.75) is 44.9 Å². The van der Waals surface area contributed by atoms with Crippen molar-refractivity contribution in [1.82, 2.24) is 0 Å². The predicted molar refractivity (Wildman–Crippen MR) is 90.8 cm³/mol. The third-order valence-corrected chi connectivity index (χ3v) is 6.02. The van der Waals surface area contributed by atoms with Crippen molar-refractivity contribution in [2.24, 2.45) is 0 Å². The van der Waals surface area contributed by atoms with Crippen LogP contribution < -0.4 is 0 Å². The van der Waals surface area contributed by atoms with Gasteiger partial charge in [0.25, 0.3) is 0 Å². The minimum Gasteiger partial charge on any atom is -0.320 e. The van der Waals surface area contributed by atoms with Gasteiger partial charge in [-0.1, -0.05) is 50.9 Å². The van der Waals surface area contributed by atoms with Crippen molar-refractivity contribution in [3.05, 3.63) is 33.8 Å². The lowest BCUT2D eigenvalue weighted by atomic mass is 10.1. The summed E-state index contributed by atoms with van der Waals surface area (Å²) in [6.45, 7) is 3.18. The number of halogens is 4. The first-order chi connectivity index (χ1) is 10.2. The Kier molecular flexibility index (Phi) is 7.67. The second-order valence-electron chi connectivity index (χ2n) is 4.99. The summed E-state index contributed by atoms with van der Waals surface area (Å²) >= 11 is 6.38. The van der Waals surface area contributed by atoms with Crippen LogP contribution in [0, 0.1) is 0 Å². The standard InChI is InChI=1S/C14H19Br2F2O3P/c1-3-10(2)21-22(19,20)14(17,18)12-7-6-11(5-4-8-15)9-13(12)16/h6-7,9-10H,3-5,8H2,1-2H3,(H,19,20). The van der Waals surface area contributed by atoms with E-state index >= 15 is 0 Å². The van der Waals surface area contributed by atoms with E-state index in [4.69, 9.17) is 4.52 Å². The second-order valence-corrected chi connectivity index (χ2v) is 8.45. The average molecular weight is 464 g/mol. The van der Waals surface area contributed by atoms with E-state index in [2.05, 4.69) is 31.9 Å². The van der Waals surface area contributed by atoms with Gasteiger partial charge in [0.1, 0.15) is 0 Å². The maximum Gasteiger partial charge on any atom is 0.402 e. The minimum atomic E-state index is -5.12. The lowest BCUT2D eigenvalue weighted by Crippen LogP contribution is -2.19. The quantitative estimate of drug-likeness (QED) is 0.390. The van der Waals surface area contributed by atoms with Gasteiger partial charge >= 0.3 is 13.3 Å². The molecule has 2 atom stereocenters. The Bertz CT molecular complexity index is 555. The van der Waals surface area contributed by atoms with Crippen LogP contribution in [0.1, 0.15) is 37.8 Å². The summed E-state index contributed by atoms with van der Waals surface area (Å²) in [5.41, 5.74) is -3.63. The summed E-state index contributed by atoms with van der Waals surface area (Å²) in [5.74, 6) is 0. The maximum absolute atomic E-state index is 14.4. The minimum absolute atomic E-state index is 0.103. The molecule has 3 nitrogen and oxygen atoms in total. The molecule has 0 aliphatic heterocycles. The van der Waals surface area contributed by atoms with Crippen LogP contribution in [-0.4, -0.2) is 16.3 Å². The van der Waals surface area contributed by atoms with Crippen LogP contribution in [0.15, 0.2) is 22.7 Å². The molecule has 0 aliphatic rings. The lowest BCUT2D eigenvalue weighted by Gasteiger charge is -2.25. The smallest absolute Gasteiger partial charge is 0.320 e. The summed E-state index contributed by atoms with van der Waals surface area (Å²) in [7, 11) is -5.12. The van der Waals surface area contributed by atoms with Crippen molar-refractivity contribution in [3.63, 3.8) is 0 Å². The molecule has 0 bridgehead atoms. The van der Waals surface area contributed by atoms with E-state index in [0.29, 0.717) is 6.42 Å². The number of alkyl halides is 3. The van der Waals surface area contributed by atoms with Gasteiger partial charge in [0.2, 0.25) is 0 Å². The van der Waals surface area contributed by atoms with Gasteiger partial charge in [0.05, 0.1) is 6.10 Å². The van der Waals surface area contributed by atoms with E-state index in [1.807, 2.05) is 0 Å². The van der Waals surface area contributed by atoms with E-state index in [0.717, 1.165) is 23.7 Å². The second kappa shape index (κ2) is 8.34. The zero-order valence-electron chi connectivity index (χ0n) is 12.4. The van der Waals surface area contributed by atoms with Crippen LogP contribution >= 0.6 is 39.5 Å². The first kappa shape index (κ1) is 20.2. The van der Waals surface area contributed by atoms with Crippen molar-refractivity contribution in [3.8, 4) is 0 Å². The fourth-order valence-electron chi connectivity index (χ4n) is 1.77. The molecule has 1 aromatic rings. The zero-order chi connectivity index (χ0) is 17.0. The van der Waals surface area contributed by atoms with Gasteiger partial charge in [-0.05, 0) is 37.8 Å². The van der Waals surface area contributed by atoms with Gasteiger partial charge in [-0.25, -0.2) is 0 Å². The highest BCUT2D eigenvalue weighted by molar-refractivity contribution is 9.10. The summed E-state index contributed by atoms with van der Waals surface area (Å²) in [4.78, 5) is 9.69. The summed E-state index contributed by atoms with van der Waals surface area (Å²) in [5, 5.41) is 0.817. The van der Waals surface area contributed by atoms with Crippen molar-refractivity contribution in [2.75, 3.05) is 5.33 Å². The van der Waals surface area contributed by atoms with E-state index in [1.165, 1.54) is 13.0 Å². The molecule has 8 heteroatoms. The zero-order valence-corrected chi connectivity index (χ0v) is 16.4. The molecular formula is C14H19Br2F2O3P. The van der Waals surface area contributed by atoms with Crippen molar-refractivity contribution >= 4 is 39.5 Å². The Morgan fingerprint density at radius 1 is 1.45 bits per heavy atom. The average Bonchev–Trinajstić information content (AvgIpc) is 2.44.